The molecule has 4 nitrogen and oxygen atoms in total. The third-order valence-corrected chi connectivity index (χ3v) is 5.14. The van der Waals surface area contributed by atoms with Crippen LogP contribution >= 0.6 is 0 Å². The summed E-state index contributed by atoms with van der Waals surface area (Å²) in [5, 5.41) is 1.30. The maximum Gasteiger partial charge on any atom is 0.0456 e. The molecule has 0 aliphatic carbocycles. The van der Waals surface area contributed by atoms with E-state index in [1.807, 2.05) is 0 Å². The Labute approximate surface area is 149 Å². The molecule has 0 amide bonds. The number of nitrogens with two attached hydrogens (primary N) is 1. The van der Waals surface area contributed by atoms with Gasteiger partial charge in [-0.3, -0.25) is 4.90 Å². The first-order valence-electron chi connectivity index (χ1n) is 9.12. The van der Waals surface area contributed by atoms with Crippen LogP contribution < -0.4 is 10.6 Å². The monoisotopic (exact) mass is 334 g/mol. The fourth-order valence-electron chi connectivity index (χ4n) is 3.81. The number of benzene rings is 2. The summed E-state index contributed by atoms with van der Waals surface area (Å²) in [6.45, 7) is 5.27. The lowest BCUT2D eigenvalue weighted by atomic mass is 10.0. The van der Waals surface area contributed by atoms with Gasteiger partial charge in [-0.05, 0) is 30.2 Å². The van der Waals surface area contributed by atoms with E-state index in [-0.39, 0.29) is 6.04 Å². The molecular weight excluding hydrogens is 308 g/mol. The average molecular weight is 334 g/mol. The largest absolute Gasteiger partial charge is 0.369 e. The lowest BCUT2D eigenvalue weighted by Crippen LogP contribution is -2.50. The van der Waals surface area contributed by atoms with Crippen molar-refractivity contribution in [2.24, 2.45) is 5.73 Å². The van der Waals surface area contributed by atoms with E-state index < -0.39 is 0 Å². The van der Waals surface area contributed by atoms with Gasteiger partial charge >= 0.3 is 0 Å². The zero-order chi connectivity index (χ0) is 17.1. The molecule has 25 heavy (non-hydrogen) atoms. The van der Waals surface area contributed by atoms with E-state index in [0.717, 1.165) is 39.1 Å². The summed E-state index contributed by atoms with van der Waals surface area (Å²) >= 11 is 0. The van der Waals surface area contributed by atoms with Gasteiger partial charge in [-0.25, -0.2) is 0 Å². The summed E-state index contributed by atoms with van der Waals surface area (Å²) in [5.41, 5.74) is 10.3. The van der Waals surface area contributed by atoms with Crippen molar-refractivity contribution in [1.29, 1.82) is 0 Å². The van der Waals surface area contributed by atoms with Gasteiger partial charge in [-0.1, -0.05) is 36.4 Å². The Morgan fingerprint density at radius 3 is 2.44 bits per heavy atom. The number of aromatic amines is 1. The Morgan fingerprint density at radius 1 is 0.920 bits per heavy atom. The zero-order valence-electron chi connectivity index (χ0n) is 14.6. The summed E-state index contributed by atoms with van der Waals surface area (Å²) in [6, 6.07) is 19.3. The van der Waals surface area contributed by atoms with Crippen molar-refractivity contribution >= 4 is 16.6 Å². The number of piperazine rings is 1. The fraction of sp³-hybridized carbons (Fsp3) is 0.333. The number of anilines is 1. The van der Waals surface area contributed by atoms with E-state index in [4.69, 9.17) is 5.73 Å². The highest BCUT2D eigenvalue weighted by Gasteiger charge is 2.19. The molecule has 4 heteroatoms. The van der Waals surface area contributed by atoms with Crippen molar-refractivity contribution in [2.75, 3.05) is 37.6 Å². The van der Waals surface area contributed by atoms with Crippen LogP contribution in [0.15, 0.2) is 60.8 Å². The highest BCUT2D eigenvalue weighted by atomic mass is 15.3. The first-order valence-corrected chi connectivity index (χ1v) is 9.12. The van der Waals surface area contributed by atoms with Crippen LogP contribution in [0, 0.1) is 0 Å². The van der Waals surface area contributed by atoms with Gasteiger partial charge in [0.25, 0.3) is 0 Å². The van der Waals surface area contributed by atoms with E-state index in [9.17, 15) is 0 Å². The molecule has 1 aliphatic heterocycles. The molecule has 1 atom stereocenters. The number of rotatable bonds is 5. The minimum atomic E-state index is 0.169. The third kappa shape index (κ3) is 3.70. The standard InChI is InChI=1S/C21H26N4/c22-18(14-17-15-23-21-9-5-4-8-20(17)21)16-24-10-12-25(13-11-24)19-6-2-1-3-7-19/h1-9,15,18,23H,10-14,16,22H2/t18-/m0/s1. The number of nitrogens with one attached hydrogen (secondary N) is 1. The second kappa shape index (κ2) is 7.30. The number of para-hydroxylation sites is 2. The molecule has 2 heterocycles. The summed E-state index contributed by atoms with van der Waals surface area (Å²) in [4.78, 5) is 8.30. The highest BCUT2D eigenvalue weighted by Crippen LogP contribution is 2.19. The van der Waals surface area contributed by atoms with Crippen molar-refractivity contribution in [3.63, 3.8) is 0 Å². The summed E-state index contributed by atoms with van der Waals surface area (Å²) in [7, 11) is 0. The van der Waals surface area contributed by atoms with Gasteiger partial charge in [0.15, 0.2) is 0 Å². The minimum Gasteiger partial charge on any atom is -0.369 e. The van der Waals surface area contributed by atoms with Crippen molar-refractivity contribution in [2.45, 2.75) is 12.5 Å². The predicted octanol–water partition coefficient (Wildman–Crippen LogP) is 2.86. The topological polar surface area (TPSA) is 48.3 Å². The highest BCUT2D eigenvalue weighted by molar-refractivity contribution is 5.83. The lowest BCUT2D eigenvalue weighted by molar-refractivity contribution is 0.242. The van der Waals surface area contributed by atoms with Crippen molar-refractivity contribution in [3.8, 4) is 0 Å². The first kappa shape index (κ1) is 16.2. The van der Waals surface area contributed by atoms with Gasteiger partial charge in [0.05, 0.1) is 0 Å². The first-order chi connectivity index (χ1) is 12.3. The Bertz CT molecular complexity index is 803. The quantitative estimate of drug-likeness (QED) is 0.754. The molecule has 0 spiro atoms. The SMILES string of the molecule is N[C@@H](Cc1c[nH]c2ccccc12)CN1CCN(c2ccccc2)CC1. The van der Waals surface area contributed by atoms with Crippen LogP contribution in [0.2, 0.25) is 0 Å². The maximum atomic E-state index is 6.46. The summed E-state index contributed by atoms with van der Waals surface area (Å²) < 4.78 is 0. The Kier molecular flexibility index (Phi) is 4.72. The van der Waals surface area contributed by atoms with Crippen molar-refractivity contribution in [3.05, 3.63) is 66.4 Å². The number of aromatic nitrogens is 1. The van der Waals surface area contributed by atoms with Crippen molar-refractivity contribution in [1.82, 2.24) is 9.88 Å². The zero-order valence-corrected chi connectivity index (χ0v) is 14.6. The number of hydrogen-bond donors (Lipinski definition) is 2. The molecule has 0 bridgehead atoms. The van der Waals surface area contributed by atoms with E-state index >= 15 is 0 Å². The van der Waals surface area contributed by atoms with Gasteiger partial charge in [-0.2, -0.15) is 0 Å². The summed E-state index contributed by atoms with van der Waals surface area (Å²) in [6.07, 6.45) is 3.03. The molecule has 1 aliphatic rings. The average Bonchev–Trinajstić information content (AvgIpc) is 3.06. The van der Waals surface area contributed by atoms with Crippen molar-refractivity contribution < 1.29 is 0 Å². The number of fused-ring (bicyclic) bond motifs is 1. The molecule has 3 aromatic rings. The maximum absolute atomic E-state index is 6.46. The Morgan fingerprint density at radius 2 is 1.64 bits per heavy atom. The number of hydrogen-bond acceptors (Lipinski definition) is 3. The molecule has 0 unspecified atom stereocenters. The molecule has 0 saturated carbocycles. The van der Waals surface area contributed by atoms with Crippen LogP contribution in [0.1, 0.15) is 5.56 Å². The van der Waals surface area contributed by atoms with E-state index in [2.05, 4.69) is 75.6 Å². The van der Waals surface area contributed by atoms with Gasteiger partial charge < -0.3 is 15.6 Å². The van der Waals surface area contributed by atoms with Crippen LogP contribution in [0.3, 0.4) is 0 Å². The molecule has 1 saturated heterocycles. The molecule has 4 rings (SSSR count). The molecule has 1 aromatic heterocycles. The lowest BCUT2D eigenvalue weighted by Gasteiger charge is -2.37. The molecule has 0 radical (unpaired) electrons. The van der Waals surface area contributed by atoms with Gasteiger partial charge in [0.1, 0.15) is 0 Å². The van der Waals surface area contributed by atoms with Crippen LogP contribution in [0.25, 0.3) is 10.9 Å². The normalized spacial score (nSPS) is 17.1. The van der Waals surface area contributed by atoms with E-state index in [1.165, 1.54) is 22.2 Å². The van der Waals surface area contributed by atoms with E-state index in [0.29, 0.717) is 0 Å². The van der Waals surface area contributed by atoms with Gasteiger partial charge in [-0.15, -0.1) is 0 Å². The van der Waals surface area contributed by atoms with Crippen LogP contribution in [0.4, 0.5) is 5.69 Å². The second-order valence-electron chi connectivity index (χ2n) is 6.95. The summed E-state index contributed by atoms with van der Waals surface area (Å²) in [5.74, 6) is 0. The Hall–Kier alpha value is -2.30. The molecule has 130 valence electrons. The molecule has 2 aromatic carbocycles. The minimum absolute atomic E-state index is 0.169. The smallest absolute Gasteiger partial charge is 0.0456 e. The predicted molar refractivity (Wildman–Crippen MR) is 105 cm³/mol. The van der Waals surface area contributed by atoms with Gasteiger partial charge in [0.2, 0.25) is 0 Å². The second-order valence-corrected chi connectivity index (χ2v) is 6.95. The number of nitrogens with zero attached hydrogens (tertiary/aromatic N) is 2. The van der Waals surface area contributed by atoms with Crippen LogP contribution in [-0.2, 0) is 6.42 Å². The van der Waals surface area contributed by atoms with Gasteiger partial charge in [0, 0.05) is 61.6 Å². The van der Waals surface area contributed by atoms with Crippen LogP contribution in [-0.4, -0.2) is 48.6 Å². The van der Waals surface area contributed by atoms with E-state index in [1.54, 1.807) is 0 Å². The molecule has 3 N–H and O–H groups in total. The molecule has 1 fully saturated rings. The fourth-order valence-corrected chi connectivity index (χ4v) is 3.81. The molecular formula is C21H26N4. The Balaban J connectivity index is 1.31. The number of H-pyrrole nitrogens is 1. The van der Waals surface area contributed by atoms with Crippen LogP contribution in [0.5, 0.6) is 0 Å². The third-order valence-electron chi connectivity index (χ3n) is 5.14.